The monoisotopic (exact) mass is 299 g/mol. The molecule has 22 heavy (non-hydrogen) atoms. The second-order valence-electron chi connectivity index (χ2n) is 6.23. The van der Waals surface area contributed by atoms with E-state index >= 15 is 0 Å². The van der Waals surface area contributed by atoms with Gasteiger partial charge in [0, 0.05) is 6.07 Å². The molecule has 2 aliphatic heterocycles. The average Bonchev–Trinajstić information content (AvgIpc) is 3.04. The molecular formula is C17H17NO4. The van der Waals surface area contributed by atoms with E-state index in [0.717, 1.165) is 0 Å². The maximum atomic E-state index is 12.7. The number of anilines is 1. The first-order valence-electron chi connectivity index (χ1n) is 7.49. The van der Waals surface area contributed by atoms with Gasteiger partial charge in [-0.3, -0.25) is 9.59 Å². The van der Waals surface area contributed by atoms with E-state index in [1.54, 1.807) is 18.2 Å². The molecule has 0 spiro atoms. The van der Waals surface area contributed by atoms with E-state index in [0.29, 0.717) is 30.0 Å². The number of allylic oxidation sites excluding steroid dienone is 2. The van der Waals surface area contributed by atoms with E-state index in [2.05, 4.69) is 0 Å². The molecule has 0 aromatic heterocycles. The fraction of sp³-hybridized carbons (Fsp3) is 0.412. The minimum absolute atomic E-state index is 0.0966. The van der Waals surface area contributed by atoms with Gasteiger partial charge in [0.15, 0.2) is 11.5 Å². The summed E-state index contributed by atoms with van der Waals surface area (Å²) in [4.78, 5) is 26.7. The van der Waals surface area contributed by atoms with Crippen molar-refractivity contribution in [1.82, 2.24) is 0 Å². The van der Waals surface area contributed by atoms with Crippen LogP contribution in [0.4, 0.5) is 5.69 Å². The lowest BCUT2D eigenvalue weighted by Crippen LogP contribution is -2.30. The number of fused-ring (bicyclic) bond motifs is 2. The number of nitrogens with zero attached hydrogens (tertiary/aromatic N) is 1. The van der Waals surface area contributed by atoms with Gasteiger partial charge in [0.1, 0.15) is 0 Å². The van der Waals surface area contributed by atoms with Crippen LogP contribution in [0, 0.1) is 11.8 Å². The van der Waals surface area contributed by atoms with Crippen molar-refractivity contribution in [2.45, 2.75) is 26.7 Å². The molecule has 1 saturated heterocycles. The third kappa shape index (κ3) is 1.78. The highest BCUT2D eigenvalue weighted by Gasteiger charge is 2.49. The Balaban J connectivity index is 1.70. The van der Waals surface area contributed by atoms with Crippen LogP contribution in [0.3, 0.4) is 0 Å². The number of carbonyl (C=O) groups excluding carboxylic acids is 2. The smallest absolute Gasteiger partial charge is 0.238 e. The van der Waals surface area contributed by atoms with E-state index in [1.165, 1.54) is 16.0 Å². The molecular weight excluding hydrogens is 282 g/mol. The van der Waals surface area contributed by atoms with Crippen molar-refractivity contribution in [2.24, 2.45) is 11.8 Å². The predicted octanol–water partition coefficient (Wildman–Crippen LogP) is 2.65. The summed E-state index contributed by atoms with van der Waals surface area (Å²) in [7, 11) is 0. The molecule has 0 saturated carbocycles. The van der Waals surface area contributed by atoms with Crippen LogP contribution in [-0.2, 0) is 9.59 Å². The summed E-state index contributed by atoms with van der Waals surface area (Å²) < 4.78 is 10.6. The molecule has 0 N–H and O–H groups in total. The number of hydrogen-bond acceptors (Lipinski definition) is 4. The zero-order chi connectivity index (χ0) is 15.4. The first-order chi connectivity index (χ1) is 10.6. The van der Waals surface area contributed by atoms with Crippen LogP contribution in [0.1, 0.15) is 26.7 Å². The standard InChI is InChI=1S/C17H17NO4/c1-9-5-12-13(6-10(9)2)17(20)18(16(12)19)11-3-4-14-15(7-11)22-8-21-14/h3-4,7,12-13H,5-6,8H2,1-2H3/t12-,13-/m0/s1. The third-order valence-corrected chi connectivity index (χ3v) is 4.96. The minimum Gasteiger partial charge on any atom is -0.454 e. The fourth-order valence-corrected chi connectivity index (χ4v) is 3.53. The normalized spacial score (nSPS) is 26.7. The molecule has 4 rings (SSSR count). The van der Waals surface area contributed by atoms with Gasteiger partial charge < -0.3 is 9.47 Å². The van der Waals surface area contributed by atoms with Gasteiger partial charge in [-0.25, -0.2) is 4.90 Å². The van der Waals surface area contributed by atoms with Crippen molar-refractivity contribution < 1.29 is 19.1 Å². The van der Waals surface area contributed by atoms with Gasteiger partial charge in [-0.1, -0.05) is 11.1 Å². The number of carbonyl (C=O) groups is 2. The Morgan fingerprint density at radius 3 is 2.18 bits per heavy atom. The molecule has 114 valence electrons. The number of hydrogen-bond donors (Lipinski definition) is 0. The summed E-state index contributed by atoms with van der Waals surface area (Å²) in [6, 6.07) is 5.20. The fourth-order valence-electron chi connectivity index (χ4n) is 3.53. The molecule has 0 unspecified atom stereocenters. The molecule has 1 fully saturated rings. The van der Waals surface area contributed by atoms with E-state index in [9.17, 15) is 9.59 Å². The average molecular weight is 299 g/mol. The molecule has 1 aliphatic carbocycles. The SMILES string of the molecule is CC1=C(C)C[C@@H]2C(=O)N(c3ccc4c(c3)OCO4)C(=O)[C@H]2C1. The van der Waals surface area contributed by atoms with Crippen LogP contribution >= 0.6 is 0 Å². The van der Waals surface area contributed by atoms with E-state index in [1.807, 2.05) is 13.8 Å². The summed E-state index contributed by atoms with van der Waals surface area (Å²) in [6.07, 6.45) is 1.37. The molecule has 2 amide bonds. The van der Waals surface area contributed by atoms with Crippen LogP contribution < -0.4 is 14.4 Å². The van der Waals surface area contributed by atoms with Crippen molar-refractivity contribution in [3.8, 4) is 11.5 Å². The topological polar surface area (TPSA) is 55.8 Å². The highest BCUT2D eigenvalue weighted by atomic mass is 16.7. The maximum Gasteiger partial charge on any atom is 0.238 e. The second-order valence-corrected chi connectivity index (χ2v) is 6.23. The Bertz CT molecular complexity index is 689. The Kier molecular flexibility index (Phi) is 2.79. The maximum absolute atomic E-state index is 12.7. The van der Waals surface area contributed by atoms with Gasteiger partial charge in [-0.15, -0.1) is 0 Å². The Hall–Kier alpha value is -2.30. The van der Waals surface area contributed by atoms with Crippen LogP contribution in [0.5, 0.6) is 11.5 Å². The van der Waals surface area contributed by atoms with E-state index < -0.39 is 0 Å². The third-order valence-electron chi connectivity index (χ3n) is 4.96. The van der Waals surface area contributed by atoms with Crippen molar-refractivity contribution in [2.75, 3.05) is 11.7 Å². The molecule has 3 aliphatic rings. The van der Waals surface area contributed by atoms with Crippen LogP contribution in [0.15, 0.2) is 29.3 Å². The van der Waals surface area contributed by atoms with E-state index in [4.69, 9.17) is 9.47 Å². The molecule has 5 nitrogen and oxygen atoms in total. The molecule has 2 atom stereocenters. The highest BCUT2D eigenvalue weighted by Crippen LogP contribution is 2.44. The highest BCUT2D eigenvalue weighted by molar-refractivity contribution is 6.22. The molecule has 0 bridgehead atoms. The van der Waals surface area contributed by atoms with Gasteiger partial charge in [0.25, 0.3) is 0 Å². The number of benzene rings is 1. The number of imide groups is 1. The first-order valence-corrected chi connectivity index (χ1v) is 7.49. The Morgan fingerprint density at radius 1 is 0.955 bits per heavy atom. The van der Waals surface area contributed by atoms with Crippen LogP contribution in [0.2, 0.25) is 0 Å². The molecule has 1 aromatic carbocycles. The molecule has 2 heterocycles. The zero-order valence-corrected chi connectivity index (χ0v) is 12.6. The van der Waals surface area contributed by atoms with Gasteiger partial charge in [-0.2, -0.15) is 0 Å². The molecule has 1 aromatic rings. The quantitative estimate of drug-likeness (QED) is 0.591. The Labute approximate surface area is 128 Å². The van der Waals surface area contributed by atoms with E-state index in [-0.39, 0.29) is 30.4 Å². The Morgan fingerprint density at radius 2 is 1.55 bits per heavy atom. The van der Waals surface area contributed by atoms with Gasteiger partial charge in [-0.05, 0) is 38.8 Å². The van der Waals surface area contributed by atoms with Gasteiger partial charge >= 0.3 is 0 Å². The van der Waals surface area contributed by atoms with Crippen molar-refractivity contribution in [3.63, 3.8) is 0 Å². The van der Waals surface area contributed by atoms with Gasteiger partial charge in [0.2, 0.25) is 18.6 Å². The lowest BCUT2D eigenvalue weighted by molar-refractivity contribution is -0.122. The predicted molar refractivity (Wildman–Crippen MR) is 79.6 cm³/mol. The van der Waals surface area contributed by atoms with Crippen molar-refractivity contribution in [1.29, 1.82) is 0 Å². The molecule has 0 radical (unpaired) electrons. The number of rotatable bonds is 1. The van der Waals surface area contributed by atoms with Crippen molar-refractivity contribution in [3.05, 3.63) is 29.3 Å². The first kappa shape index (κ1) is 13.4. The lowest BCUT2D eigenvalue weighted by atomic mass is 9.78. The number of ether oxygens (including phenoxy) is 2. The second kappa shape index (κ2) is 4.60. The molecule has 5 heteroatoms. The van der Waals surface area contributed by atoms with Crippen LogP contribution in [-0.4, -0.2) is 18.6 Å². The summed E-state index contributed by atoms with van der Waals surface area (Å²) in [5.41, 5.74) is 3.04. The van der Waals surface area contributed by atoms with Crippen molar-refractivity contribution >= 4 is 17.5 Å². The lowest BCUT2D eigenvalue weighted by Gasteiger charge is -2.23. The summed E-state index contributed by atoms with van der Waals surface area (Å²) in [5.74, 6) is 0.594. The minimum atomic E-state index is -0.221. The van der Waals surface area contributed by atoms with Crippen LogP contribution in [0.25, 0.3) is 0 Å². The largest absolute Gasteiger partial charge is 0.454 e. The summed E-state index contributed by atoms with van der Waals surface area (Å²) in [6.45, 7) is 4.27. The zero-order valence-electron chi connectivity index (χ0n) is 12.6. The van der Waals surface area contributed by atoms with Gasteiger partial charge in [0.05, 0.1) is 17.5 Å². The summed E-state index contributed by atoms with van der Waals surface area (Å²) in [5, 5.41) is 0. The summed E-state index contributed by atoms with van der Waals surface area (Å²) >= 11 is 0. The number of amides is 2.